The molecule has 1 unspecified atom stereocenters. The van der Waals surface area contributed by atoms with Gasteiger partial charge in [0.15, 0.2) is 0 Å². The van der Waals surface area contributed by atoms with Crippen molar-refractivity contribution < 1.29 is 9.59 Å². The highest BCUT2D eigenvalue weighted by atomic mass is 32.2. The van der Waals surface area contributed by atoms with Gasteiger partial charge in [-0.15, -0.1) is 11.8 Å². The van der Waals surface area contributed by atoms with E-state index in [1.807, 2.05) is 25.0 Å². The summed E-state index contributed by atoms with van der Waals surface area (Å²) in [5.74, 6) is 0.0137. The van der Waals surface area contributed by atoms with Crippen LogP contribution >= 0.6 is 11.8 Å². The number of nitrogens with zero attached hydrogens (tertiary/aromatic N) is 2. The summed E-state index contributed by atoms with van der Waals surface area (Å²) in [5.41, 5.74) is 1.13. The topological polar surface area (TPSA) is 40.6 Å². The summed E-state index contributed by atoms with van der Waals surface area (Å²) in [6.07, 6.45) is 2.40. The highest BCUT2D eigenvalue weighted by molar-refractivity contribution is 7.98. The van der Waals surface area contributed by atoms with Crippen LogP contribution in [0, 0.1) is 5.92 Å². The Morgan fingerprint density at radius 2 is 2.00 bits per heavy atom. The molecule has 1 aliphatic rings. The number of amides is 2. The summed E-state index contributed by atoms with van der Waals surface area (Å²) in [6, 6.07) is 8.30. The van der Waals surface area contributed by atoms with Crippen molar-refractivity contribution in [1.82, 2.24) is 9.80 Å². The summed E-state index contributed by atoms with van der Waals surface area (Å²) in [4.78, 5) is 29.3. The van der Waals surface area contributed by atoms with Gasteiger partial charge >= 0.3 is 0 Å². The van der Waals surface area contributed by atoms with Crippen LogP contribution in [-0.2, 0) is 16.1 Å². The Kier molecular flexibility index (Phi) is 5.89. The molecule has 1 aromatic carbocycles. The Labute approximate surface area is 136 Å². The number of hydrogen-bond donors (Lipinski definition) is 0. The first-order valence-corrected chi connectivity index (χ1v) is 9.01. The zero-order chi connectivity index (χ0) is 16.1. The molecule has 1 saturated heterocycles. The van der Waals surface area contributed by atoms with E-state index in [2.05, 4.69) is 24.3 Å². The molecule has 0 bridgehead atoms. The summed E-state index contributed by atoms with van der Waals surface area (Å²) < 4.78 is 0. The lowest BCUT2D eigenvalue weighted by molar-refractivity contribution is -0.136. The number of likely N-dealkylation sites (tertiary alicyclic amines) is 1. The average molecular weight is 320 g/mol. The second-order valence-corrected chi connectivity index (χ2v) is 6.41. The average Bonchev–Trinajstić information content (AvgIpc) is 2.93. The Morgan fingerprint density at radius 3 is 2.50 bits per heavy atom. The number of thioether (sulfide) groups is 1. The first-order chi connectivity index (χ1) is 10.6. The summed E-state index contributed by atoms with van der Waals surface area (Å²) >= 11 is 1.71. The van der Waals surface area contributed by atoms with Crippen molar-refractivity contribution in [3.05, 3.63) is 29.8 Å². The lowest BCUT2D eigenvalue weighted by Gasteiger charge is -2.24. The van der Waals surface area contributed by atoms with Crippen LogP contribution in [-0.4, -0.2) is 47.5 Å². The normalized spacial score (nSPS) is 17.9. The molecule has 2 rings (SSSR count). The summed E-state index contributed by atoms with van der Waals surface area (Å²) in [5, 5.41) is 0. The van der Waals surface area contributed by atoms with E-state index in [1.54, 1.807) is 16.7 Å². The van der Waals surface area contributed by atoms with Crippen LogP contribution in [0.2, 0.25) is 0 Å². The van der Waals surface area contributed by atoms with E-state index < -0.39 is 0 Å². The smallest absolute Gasteiger partial charge is 0.228 e. The van der Waals surface area contributed by atoms with Crippen LogP contribution in [0.15, 0.2) is 29.2 Å². The van der Waals surface area contributed by atoms with E-state index in [4.69, 9.17) is 0 Å². The number of hydrogen-bond acceptors (Lipinski definition) is 3. The van der Waals surface area contributed by atoms with Gasteiger partial charge in [-0.25, -0.2) is 0 Å². The Hall–Kier alpha value is -1.49. The molecule has 4 nitrogen and oxygen atoms in total. The van der Waals surface area contributed by atoms with Crippen molar-refractivity contribution in [3.63, 3.8) is 0 Å². The van der Waals surface area contributed by atoms with Gasteiger partial charge in [-0.2, -0.15) is 0 Å². The van der Waals surface area contributed by atoms with E-state index in [1.165, 1.54) is 4.90 Å². The van der Waals surface area contributed by atoms with E-state index in [-0.39, 0.29) is 17.7 Å². The van der Waals surface area contributed by atoms with Crippen LogP contribution in [0.5, 0.6) is 0 Å². The van der Waals surface area contributed by atoms with Crippen molar-refractivity contribution in [2.75, 3.05) is 25.9 Å². The van der Waals surface area contributed by atoms with Crippen LogP contribution in [0.1, 0.15) is 25.8 Å². The zero-order valence-corrected chi connectivity index (χ0v) is 14.4. The standard InChI is InChI=1S/C17H24N2O2S/c1-4-18-12-14(10-16(18)20)17(21)19(5-2)11-13-6-8-15(22-3)9-7-13/h6-9,14H,4-5,10-12H2,1-3H3. The number of carbonyl (C=O) groups is 2. The Balaban J connectivity index is 2.01. The van der Waals surface area contributed by atoms with Gasteiger partial charge in [-0.05, 0) is 37.8 Å². The van der Waals surface area contributed by atoms with E-state index in [0.29, 0.717) is 32.6 Å². The van der Waals surface area contributed by atoms with Crippen molar-refractivity contribution in [1.29, 1.82) is 0 Å². The van der Waals surface area contributed by atoms with Crippen LogP contribution in [0.4, 0.5) is 0 Å². The molecule has 22 heavy (non-hydrogen) atoms. The maximum absolute atomic E-state index is 12.7. The Bertz CT molecular complexity index is 530. The van der Waals surface area contributed by atoms with Gasteiger partial charge < -0.3 is 9.80 Å². The van der Waals surface area contributed by atoms with Crippen molar-refractivity contribution in [3.8, 4) is 0 Å². The third-order valence-electron chi connectivity index (χ3n) is 4.17. The fourth-order valence-electron chi connectivity index (χ4n) is 2.80. The van der Waals surface area contributed by atoms with Gasteiger partial charge in [0.2, 0.25) is 11.8 Å². The highest BCUT2D eigenvalue weighted by Gasteiger charge is 2.35. The second kappa shape index (κ2) is 7.68. The minimum atomic E-state index is -0.183. The van der Waals surface area contributed by atoms with E-state index >= 15 is 0 Å². The molecule has 0 spiro atoms. The molecule has 1 atom stereocenters. The maximum atomic E-state index is 12.7. The monoisotopic (exact) mass is 320 g/mol. The van der Waals surface area contributed by atoms with Gasteiger partial charge in [0.1, 0.15) is 0 Å². The number of rotatable bonds is 6. The molecular weight excluding hydrogens is 296 g/mol. The Morgan fingerprint density at radius 1 is 1.32 bits per heavy atom. The van der Waals surface area contributed by atoms with Crippen LogP contribution in [0.25, 0.3) is 0 Å². The van der Waals surface area contributed by atoms with Gasteiger partial charge in [-0.3, -0.25) is 9.59 Å². The quantitative estimate of drug-likeness (QED) is 0.757. The first-order valence-electron chi connectivity index (χ1n) is 7.78. The van der Waals surface area contributed by atoms with E-state index in [0.717, 1.165) is 5.56 Å². The molecule has 1 aliphatic heterocycles. The van der Waals surface area contributed by atoms with Gasteiger partial charge in [0.05, 0.1) is 5.92 Å². The van der Waals surface area contributed by atoms with Gasteiger partial charge in [-0.1, -0.05) is 12.1 Å². The fourth-order valence-corrected chi connectivity index (χ4v) is 3.21. The zero-order valence-electron chi connectivity index (χ0n) is 13.5. The minimum absolute atomic E-state index is 0.0979. The predicted molar refractivity (Wildman–Crippen MR) is 89.7 cm³/mol. The molecule has 2 amide bonds. The van der Waals surface area contributed by atoms with Crippen molar-refractivity contribution >= 4 is 23.6 Å². The molecule has 1 aromatic rings. The van der Waals surface area contributed by atoms with Gasteiger partial charge in [0.25, 0.3) is 0 Å². The third-order valence-corrected chi connectivity index (χ3v) is 4.91. The largest absolute Gasteiger partial charge is 0.342 e. The molecule has 1 heterocycles. The fraction of sp³-hybridized carbons (Fsp3) is 0.529. The highest BCUT2D eigenvalue weighted by Crippen LogP contribution is 2.21. The molecule has 5 heteroatoms. The van der Waals surface area contributed by atoms with Crippen molar-refractivity contribution in [2.45, 2.75) is 31.7 Å². The molecular formula is C17H24N2O2S. The van der Waals surface area contributed by atoms with E-state index in [9.17, 15) is 9.59 Å². The lowest BCUT2D eigenvalue weighted by Crippen LogP contribution is -2.36. The number of benzene rings is 1. The molecule has 1 fully saturated rings. The third kappa shape index (κ3) is 3.83. The molecule has 120 valence electrons. The summed E-state index contributed by atoms with van der Waals surface area (Å²) in [7, 11) is 0. The number of carbonyl (C=O) groups excluding carboxylic acids is 2. The second-order valence-electron chi connectivity index (χ2n) is 5.53. The molecule has 0 aromatic heterocycles. The lowest BCUT2D eigenvalue weighted by atomic mass is 10.1. The van der Waals surface area contributed by atoms with Crippen LogP contribution < -0.4 is 0 Å². The summed E-state index contributed by atoms with van der Waals surface area (Å²) in [6.45, 7) is 6.47. The van der Waals surface area contributed by atoms with Crippen LogP contribution in [0.3, 0.4) is 0 Å². The van der Waals surface area contributed by atoms with Gasteiger partial charge in [0, 0.05) is 37.5 Å². The maximum Gasteiger partial charge on any atom is 0.228 e. The first kappa shape index (κ1) is 16.9. The molecule has 0 saturated carbocycles. The van der Waals surface area contributed by atoms with Crippen molar-refractivity contribution in [2.24, 2.45) is 5.92 Å². The predicted octanol–water partition coefficient (Wildman–Crippen LogP) is 2.63. The molecule has 0 N–H and O–H groups in total. The minimum Gasteiger partial charge on any atom is -0.342 e. The molecule has 0 aliphatic carbocycles. The SMILES string of the molecule is CCN1CC(C(=O)N(CC)Cc2ccc(SC)cc2)CC1=O. The molecule has 0 radical (unpaired) electrons.